The van der Waals surface area contributed by atoms with E-state index in [2.05, 4.69) is 5.16 Å². The fraction of sp³-hybridized carbons (Fsp3) is 0.273. The van der Waals surface area contributed by atoms with Crippen molar-refractivity contribution in [1.29, 1.82) is 0 Å². The standard InChI is InChI=1S/C11H11NO4/c1-2-9-10(11(13)14)8(12-16-9)6-7-4-3-5-15-7/h3-5H,2,6H2,1H3,(H,13,14). The molecule has 5 heteroatoms. The third-order valence-corrected chi connectivity index (χ3v) is 2.29. The van der Waals surface area contributed by atoms with Crippen LogP contribution in [0.25, 0.3) is 0 Å². The summed E-state index contributed by atoms with van der Waals surface area (Å²) in [5.74, 6) is 0.0483. The van der Waals surface area contributed by atoms with Gasteiger partial charge in [0.05, 0.1) is 12.7 Å². The number of rotatable bonds is 4. The lowest BCUT2D eigenvalue weighted by Crippen LogP contribution is -2.03. The number of furan rings is 1. The van der Waals surface area contributed by atoms with Crippen molar-refractivity contribution in [3.63, 3.8) is 0 Å². The molecule has 0 fully saturated rings. The van der Waals surface area contributed by atoms with Gasteiger partial charge in [-0.15, -0.1) is 0 Å². The lowest BCUT2D eigenvalue weighted by Gasteiger charge is -1.95. The highest BCUT2D eigenvalue weighted by molar-refractivity contribution is 5.90. The van der Waals surface area contributed by atoms with Gasteiger partial charge in [-0.25, -0.2) is 4.79 Å². The molecular formula is C11H11NO4. The Labute approximate surface area is 91.7 Å². The Morgan fingerprint density at radius 1 is 1.56 bits per heavy atom. The number of carboxylic acid groups (broad SMARTS) is 1. The van der Waals surface area contributed by atoms with Crippen LogP contribution in [0, 0.1) is 0 Å². The first kappa shape index (κ1) is 10.5. The van der Waals surface area contributed by atoms with Gasteiger partial charge in [-0.2, -0.15) is 0 Å². The second-order valence-electron chi connectivity index (χ2n) is 3.34. The summed E-state index contributed by atoms with van der Waals surface area (Å²) < 4.78 is 10.1. The molecule has 0 spiro atoms. The molecule has 5 nitrogen and oxygen atoms in total. The molecule has 0 bridgehead atoms. The van der Waals surface area contributed by atoms with Crippen molar-refractivity contribution in [3.05, 3.63) is 41.2 Å². The van der Waals surface area contributed by atoms with Crippen molar-refractivity contribution in [2.75, 3.05) is 0 Å². The van der Waals surface area contributed by atoms with Crippen LogP contribution in [0.15, 0.2) is 27.3 Å². The first-order chi connectivity index (χ1) is 7.72. The number of hydrogen-bond acceptors (Lipinski definition) is 4. The van der Waals surface area contributed by atoms with Crippen LogP contribution in [-0.4, -0.2) is 16.2 Å². The molecule has 0 aliphatic carbocycles. The molecule has 2 heterocycles. The maximum atomic E-state index is 11.1. The molecule has 2 aromatic heterocycles. The maximum absolute atomic E-state index is 11.1. The topological polar surface area (TPSA) is 76.5 Å². The summed E-state index contributed by atoms with van der Waals surface area (Å²) in [5, 5.41) is 12.8. The summed E-state index contributed by atoms with van der Waals surface area (Å²) >= 11 is 0. The summed E-state index contributed by atoms with van der Waals surface area (Å²) in [7, 11) is 0. The molecule has 0 saturated heterocycles. The Morgan fingerprint density at radius 3 is 2.94 bits per heavy atom. The van der Waals surface area contributed by atoms with Gasteiger partial charge in [0.25, 0.3) is 0 Å². The maximum Gasteiger partial charge on any atom is 0.341 e. The number of aryl methyl sites for hydroxylation is 1. The summed E-state index contributed by atoms with van der Waals surface area (Å²) in [6, 6.07) is 3.52. The lowest BCUT2D eigenvalue weighted by atomic mass is 10.1. The number of hydrogen-bond donors (Lipinski definition) is 1. The summed E-state index contributed by atoms with van der Waals surface area (Å²) in [6.45, 7) is 1.82. The molecule has 2 rings (SSSR count). The highest BCUT2D eigenvalue weighted by Gasteiger charge is 2.21. The van der Waals surface area contributed by atoms with Gasteiger partial charge in [0.2, 0.25) is 0 Å². The van der Waals surface area contributed by atoms with Crippen LogP contribution in [-0.2, 0) is 12.8 Å². The monoisotopic (exact) mass is 221 g/mol. The predicted octanol–water partition coefficient (Wildman–Crippen LogP) is 2.12. The Bertz CT molecular complexity index is 484. The Balaban J connectivity index is 2.34. The summed E-state index contributed by atoms with van der Waals surface area (Å²) in [4.78, 5) is 11.1. The van der Waals surface area contributed by atoms with Crippen molar-refractivity contribution in [2.24, 2.45) is 0 Å². The van der Waals surface area contributed by atoms with Crippen molar-refractivity contribution < 1.29 is 18.8 Å². The van der Waals surface area contributed by atoms with E-state index in [0.717, 1.165) is 0 Å². The largest absolute Gasteiger partial charge is 0.477 e. The SMILES string of the molecule is CCc1onc(Cc2ccco2)c1C(=O)O. The van der Waals surface area contributed by atoms with E-state index < -0.39 is 5.97 Å². The molecule has 1 N–H and O–H groups in total. The normalized spacial score (nSPS) is 10.6. The Kier molecular flexibility index (Phi) is 2.76. The molecule has 0 aliphatic heterocycles. The Morgan fingerprint density at radius 2 is 2.38 bits per heavy atom. The van der Waals surface area contributed by atoms with E-state index in [4.69, 9.17) is 14.0 Å². The molecule has 0 saturated carbocycles. The summed E-state index contributed by atoms with van der Waals surface area (Å²) in [5.41, 5.74) is 0.554. The molecular weight excluding hydrogens is 210 g/mol. The third kappa shape index (κ3) is 1.84. The van der Waals surface area contributed by atoms with Crippen LogP contribution >= 0.6 is 0 Å². The molecule has 84 valence electrons. The number of carboxylic acids is 1. The second-order valence-corrected chi connectivity index (χ2v) is 3.34. The van der Waals surface area contributed by atoms with Gasteiger partial charge < -0.3 is 14.0 Å². The van der Waals surface area contributed by atoms with E-state index in [9.17, 15) is 4.79 Å². The molecule has 0 unspecified atom stereocenters. The van der Waals surface area contributed by atoms with Crippen molar-refractivity contribution >= 4 is 5.97 Å². The first-order valence-electron chi connectivity index (χ1n) is 4.95. The molecule has 16 heavy (non-hydrogen) atoms. The molecule has 0 atom stereocenters. The van der Waals surface area contributed by atoms with E-state index in [-0.39, 0.29) is 5.56 Å². The van der Waals surface area contributed by atoms with Crippen molar-refractivity contribution in [3.8, 4) is 0 Å². The van der Waals surface area contributed by atoms with Gasteiger partial charge in [0.15, 0.2) is 5.76 Å². The van der Waals surface area contributed by atoms with Crippen LogP contribution in [0.1, 0.15) is 34.5 Å². The van der Waals surface area contributed by atoms with E-state index in [1.165, 1.54) is 6.26 Å². The second kappa shape index (κ2) is 4.22. The van der Waals surface area contributed by atoms with Gasteiger partial charge in [-0.05, 0) is 12.1 Å². The third-order valence-electron chi connectivity index (χ3n) is 2.29. The van der Waals surface area contributed by atoms with Gasteiger partial charge >= 0.3 is 5.97 Å². The minimum absolute atomic E-state index is 0.152. The van der Waals surface area contributed by atoms with Gasteiger partial charge in [-0.3, -0.25) is 0 Å². The number of carbonyl (C=O) groups is 1. The van der Waals surface area contributed by atoms with Crippen molar-refractivity contribution in [1.82, 2.24) is 5.16 Å². The fourth-order valence-corrected chi connectivity index (χ4v) is 1.55. The molecule has 0 aliphatic rings. The highest BCUT2D eigenvalue weighted by atomic mass is 16.5. The van der Waals surface area contributed by atoms with Crippen molar-refractivity contribution in [2.45, 2.75) is 19.8 Å². The smallest absolute Gasteiger partial charge is 0.341 e. The highest BCUT2D eigenvalue weighted by Crippen LogP contribution is 2.18. The lowest BCUT2D eigenvalue weighted by molar-refractivity contribution is 0.0693. The quantitative estimate of drug-likeness (QED) is 0.855. The van der Waals surface area contributed by atoms with Crippen LogP contribution in [0.2, 0.25) is 0 Å². The first-order valence-corrected chi connectivity index (χ1v) is 4.95. The van der Waals surface area contributed by atoms with E-state index >= 15 is 0 Å². The average molecular weight is 221 g/mol. The van der Waals surface area contributed by atoms with Gasteiger partial charge in [0, 0.05) is 6.42 Å². The minimum Gasteiger partial charge on any atom is -0.477 e. The fourth-order valence-electron chi connectivity index (χ4n) is 1.55. The zero-order valence-corrected chi connectivity index (χ0v) is 8.77. The minimum atomic E-state index is -1.01. The Hall–Kier alpha value is -2.04. The average Bonchev–Trinajstić information content (AvgIpc) is 2.87. The van der Waals surface area contributed by atoms with Crippen LogP contribution < -0.4 is 0 Å². The number of nitrogens with zero attached hydrogens (tertiary/aromatic N) is 1. The van der Waals surface area contributed by atoms with Gasteiger partial charge in [-0.1, -0.05) is 12.1 Å². The molecule has 0 amide bonds. The number of aromatic nitrogens is 1. The van der Waals surface area contributed by atoms with Crippen LogP contribution in [0.3, 0.4) is 0 Å². The van der Waals surface area contributed by atoms with E-state index in [0.29, 0.717) is 30.1 Å². The van der Waals surface area contributed by atoms with Crippen LogP contribution in [0.5, 0.6) is 0 Å². The molecule has 2 aromatic rings. The van der Waals surface area contributed by atoms with E-state index in [1.807, 2.05) is 6.92 Å². The zero-order valence-electron chi connectivity index (χ0n) is 8.77. The molecule has 0 aromatic carbocycles. The summed E-state index contributed by atoms with van der Waals surface area (Å²) in [6.07, 6.45) is 2.38. The van der Waals surface area contributed by atoms with Gasteiger partial charge in [0.1, 0.15) is 17.0 Å². The number of aromatic carboxylic acids is 1. The molecule has 0 radical (unpaired) electrons. The zero-order chi connectivity index (χ0) is 11.5. The van der Waals surface area contributed by atoms with E-state index in [1.54, 1.807) is 12.1 Å². The van der Waals surface area contributed by atoms with Crippen LogP contribution in [0.4, 0.5) is 0 Å². The predicted molar refractivity (Wildman–Crippen MR) is 54.4 cm³/mol.